The highest BCUT2D eigenvalue weighted by atomic mass is 16.5. The Morgan fingerprint density at radius 2 is 2.15 bits per heavy atom. The summed E-state index contributed by atoms with van der Waals surface area (Å²) in [7, 11) is 0. The van der Waals surface area contributed by atoms with Crippen LogP contribution in [0.1, 0.15) is 42.8 Å². The van der Waals surface area contributed by atoms with Gasteiger partial charge in [0.15, 0.2) is 0 Å². The van der Waals surface area contributed by atoms with E-state index >= 15 is 0 Å². The highest BCUT2D eigenvalue weighted by molar-refractivity contribution is 5.05. The summed E-state index contributed by atoms with van der Waals surface area (Å²) in [6.45, 7) is 7.16. The number of pyridine rings is 1. The minimum atomic E-state index is 0.0462. The molecule has 2 aromatic heterocycles. The molecule has 0 radical (unpaired) electrons. The van der Waals surface area contributed by atoms with Crippen molar-refractivity contribution in [2.75, 3.05) is 26.3 Å². The molecular formula is C21H29N3O3. The molecule has 4 rings (SSSR count). The topological polar surface area (TPSA) is 60.6 Å². The highest BCUT2D eigenvalue weighted by Crippen LogP contribution is 2.42. The van der Waals surface area contributed by atoms with E-state index in [9.17, 15) is 0 Å². The fraction of sp³-hybridized carbons (Fsp3) is 0.619. The van der Waals surface area contributed by atoms with Crippen LogP contribution in [0.2, 0.25) is 0 Å². The molecule has 1 atom stereocenters. The number of rotatable bonds is 7. The second kappa shape index (κ2) is 8.50. The average molecular weight is 371 g/mol. The normalized spacial score (nSPS) is 22.5. The lowest BCUT2D eigenvalue weighted by Gasteiger charge is -2.42. The third kappa shape index (κ3) is 4.57. The van der Waals surface area contributed by atoms with Crippen molar-refractivity contribution in [3.8, 4) is 0 Å². The molecule has 0 aromatic carbocycles. The standard InChI is InChI=1S/C21H29N3O3/c1-17-14-20(23-27-17)15-24-10-7-21(8-11-24)18(6-13-26-21)5-12-25-16-19-4-2-3-9-22-19/h2-4,9,14,18H,5-8,10-13,15-16H2,1H3/t18-/m1/s1. The predicted molar refractivity (Wildman–Crippen MR) is 101 cm³/mol. The van der Waals surface area contributed by atoms with Gasteiger partial charge in [-0.25, -0.2) is 0 Å². The van der Waals surface area contributed by atoms with Gasteiger partial charge >= 0.3 is 0 Å². The number of ether oxygens (including phenoxy) is 2. The Kier molecular flexibility index (Phi) is 5.86. The van der Waals surface area contributed by atoms with Crippen molar-refractivity contribution in [1.82, 2.24) is 15.0 Å². The van der Waals surface area contributed by atoms with Crippen LogP contribution in [0, 0.1) is 12.8 Å². The van der Waals surface area contributed by atoms with Gasteiger partial charge in [0.1, 0.15) is 5.76 Å². The molecule has 146 valence electrons. The van der Waals surface area contributed by atoms with Crippen molar-refractivity contribution < 1.29 is 14.0 Å². The Balaban J connectivity index is 1.23. The molecule has 2 fully saturated rings. The third-order valence-electron chi connectivity index (χ3n) is 5.95. The van der Waals surface area contributed by atoms with Crippen LogP contribution in [0.25, 0.3) is 0 Å². The van der Waals surface area contributed by atoms with Crippen LogP contribution in [-0.2, 0) is 22.6 Å². The van der Waals surface area contributed by atoms with Gasteiger partial charge in [0.2, 0.25) is 0 Å². The molecule has 0 amide bonds. The molecule has 2 aromatic rings. The predicted octanol–water partition coefficient (Wildman–Crippen LogP) is 3.36. The lowest BCUT2D eigenvalue weighted by Crippen LogP contribution is -2.47. The van der Waals surface area contributed by atoms with Gasteiger partial charge in [0, 0.05) is 45.1 Å². The first-order valence-corrected chi connectivity index (χ1v) is 10.00. The van der Waals surface area contributed by atoms with E-state index in [1.165, 1.54) is 0 Å². The van der Waals surface area contributed by atoms with Crippen LogP contribution in [-0.4, -0.2) is 46.9 Å². The van der Waals surface area contributed by atoms with Gasteiger partial charge < -0.3 is 14.0 Å². The van der Waals surface area contributed by atoms with Crippen molar-refractivity contribution in [2.24, 2.45) is 5.92 Å². The van der Waals surface area contributed by atoms with Crippen molar-refractivity contribution in [3.05, 3.63) is 47.6 Å². The molecule has 1 spiro atoms. The van der Waals surface area contributed by atoms with Crippen LogP contribution in [0.4, 0.5) is 0 Å². The number of likely N-dealkylation sites (tertiary alicyclic amines) is 1. The van der Waals surface area contributed by atoms with E-state index in [-0.39, 0.29) is 5.60 Å². The second-order valence-electron chi connectivity index (χ2n) is 7.77. The number of aryl methyl sites for hydroxylation is 1. The zero-order valence-electron chi connectivity index (χ0n) is 16.1. The smallest absolute Gasteiger partial charge is 0.133 e. The molecule has 4 heterocycles. The minimum Gasteiger partial charge on any atom is -0.375 e. The summed E-state index contributed by atoms with van der Waals surface area (Å²) in [6, 6.07) is 7.96. The number of nitrogens with zero attached hydrogens (tertiary/aromatic N) is 3. The van der Waals surface area contributed by atoms with Gasteiger partial charge in [-0.2, -0.15) is 0 Å². The second-order valence-corrected chi connectivity index (χ2v) is 7.77. The summed E-state index contributed by atoms with van der Waals surface area (Å²) in [5.41, 5.74) is 2.06. The number of hydrogen-bond donors (Lipinski definition) is 0. The largest absolute Gasteiger partial charge is 0.375 e. The van der Waals surface area contributed by atoms with E-state index in [0.29, 0.717) is 12.5 Å². The molecule has 6 nitrogen and oxygen atoms in total. The molecule has 2 aliphatic heterocycles. The van der Waals surface area contributed by atoms with E-state index in [0.717, 1.165) is 75.7 Å². The van der Waals surface area contributed by atoms with Crippen molar-refractivity contribution in [1.29, 1.82) is 0 Å². The van der Waals surface area contributed by atoms with Gasteiger partial charge in [-0.05, 0) is 50.7 Å². The van der Waals surface area contributed by atoms with E-state index in [1.54, 1.807) is 0 Å². The lowest BCUT2D eigenvalue weighted by molar-refractivity contribution is -0.0736. The number of piperidine rings is 1. The molecule has 0 unspecified atom stereocenters. The molecule has 0 saturated carbocycles. The molecule has 27 heavy (non-hydrogen) atoms. The van der Waals surface area contributed by atoms with Crippen molar-refractivity contribution >= 4 is 0 Å². The molecular weight excluding hydrogens is 342 g/mol. The highest BCUT2D eigenvalue weighted by Gasteiger charge is 2.45. The van der Waals surface area contributed by atoms with Crippen LogP contribution in [0.15, 0.2) is 35.0 Å². The monoisotopic (exact) mass is 371 g/mol. The Hall–Kier alpha value is -1.76. The quantitative estimate of drug-likeness (QED) is 0.696. The fourth-order valence-electron chi connectivity index (χ4n) is 4.44. The third-order valence-corrected chi connectivity index (χ3v) is 5.95. The Labute approximate surface area is 160 Å². The summed E-state index contributed by atoms with van der Waals surface area (Å²) >= 11 is 0. The van der Waals surface area contributed by atoms with Crippen molar-refractivity contribution in [3.63, 3.8) is 0 Å². The molecule has 0 bridgehead atoms. The zero-order chi connectivity index (χ0) is 18.5. The maximum absolute atomic E-state index is 6.28. The number of aromatic nitrogens is 2. The van der Waals surface area contributed by atoms with Gasteiger partial charge in [-0.3, -0.25) is 9.88 Å². The van der Waals surface area contributed by atoms with Gasteiger partial charge in [-0.1, -0.05) is 11.2 Å². The van der Waals surface area contributed by atoms with Gasteiger partial charge in [0.25, 0.3) is 0 Å². The first-order chi connectivity index (χ1) is 13.2. The molecule has 0 aliphatic carbocycles. The molecule has 0 N–H and O–H groups in total. The summed E-state index contributed by atoms with van der Waals surface area (Å²) in [4.78, 5) is 6.77. The van der Waals surface area contributed by atoms with E-state index < -0.39 is 0 Å². The first kappa shape index (κ1) is 18.6. The maximum atomic E-state index is 6.28. The minimum absolute atomic E-state index is 0.0462. The molecule has 2 aliphatic rings. The van der Waals surface area contributed by atoms with E-state index in [4.69, 9.17) is 14.0 Å². The van der Waals surface area contributed by atoms with Crippen LogP contribution in [0.3, 0.4) is 0 Å². The fourth-order valence-corrected chi connectivity index (χ4v) is 4.44. The van der Waals surface area contributed by atoms with Gasteiger partial charge in [0.05, 0.1) is 23.6 Å². The average Bonchev–Trinajstić information content (AvgIpc) is 3.28. The summed E-state index contributed by atoms with van der Waals surface area (Å²) < 4.78 is 17.3. The van der Waals surface area contributed by atoms with Crippen LogP contribution < -0.4 is 0 Å². The SMILES string of the molecule is Cc1cc(CN2CCC3(CC2)OCC[C@H]3CCOCc2ccccn2)no1. The van der Waals surface area contributed by atoms with Crippen LogP contribution >= 0.6 is 0 Å². The Bertz CT molecular complexity index is 710. The summed E-state index contributed by atoms with van der Waals surface area (Å²) in [5, 5.41) is 4.12. The molecule has 6 heteroatoms. The van der Waals surface area contributed by atoms with E-state index in [1.807, 2.05) is 37.4 Å². The number of hydrogen-bond acceptors (Lipinski definition) is 6. The summed E-state index contributed by atoms with van der Waals surface area (Å²) in [5.74, 6) is 1.47. The Morgan fingerprint density at radius 3 is 2.89 bits per heavy atom. The van der Waals surface area contributed by atoms with E-state index in [2.05, 4.69) is 15.0 Å². The van der Waals surface area contributed by atoms with Gasteiger partial charge in [-0.15, -0.1) is 0 Å². The lowest BCUT2D eigenvalue weighted by atomic mass is 9.78. The molecule has 2 saturated heterocycles. The van der Waals surface area contributed by atoms with Crippen LogP contribution in [0.5, 0.6) is 0 Å². The van der Waals surface area contributed by atoms with Crippen molar-refractivity contribution in [2.45, 2.75) is 51.4 Å². The zero-order valence-corrected chi connectivity index (χ0v) is 16.1. The first-order valence-electron chi connectivity index (χ1n) is 10.00. The Morgan fingerprint density at radius 1 is 1.26 bits per heavy atom. The maximum Gasteiger partial charge on any atom is 0.133 e. The summed E-state index contributed by atoms with van der Waals surface area (Å²) in [6.07, 6.45) is 6.21.